The van der Waals surface area contributed by atoms with Gasteiger partial charge in [-0.15, -0.1) is 35.9 Å². The van der Waals surface area contributed by atoms with E-state index in [0.29, 0.717) is 6.42 Å². The first-order chi connectivity index (χ1) is 10.7. The van der Waals surface area contributed by atoms with Crippen molar-refractivity contribution in [2.75, 3.05) is 0 Å². The second-order valence-electron chi connectivity index (χ2n) is 6.73. The fourth-order valence-electron chi connectivity index (χ4n) is 1.89. The van der Waals surface area contributed by atoms with Gasteiger partial charge >= 0.3 is 0 Å². The fourth-order valence-corrected chi connectivity index (χ4v) is 1.89. The van der Waals surface area contributed by atoms with Crippen molar-refractivity contribution in [3.8, 4) is 11.3 Å². The number of aliphatic hydroxyl groups is 2. The molecule has 0 fully saturated rings. The molecule has 2 rings (SSSR count). The van der Waals surface area contributed by atoms with Crippen LogP contribution in [0.2, 0.25) is 0 Å². The van der Waals surface area contributed by atoms with Crippen LogP contribution in [-0.4, -0.2) is 32.4 Å². The smallest absolute Gasteiger partial charge is 0.0613 e. The first kappa shape index (κ1) is 22.9. The summed E-state index contributed by atoms with van der Waals surface area (Å²) in [5, 5.41) is 18.3. The molecule has 0 amide bonds. The molecule has 5 heteroatoms. The molecule has 0 saturated carbocycles. The summed E-state index contributed by atoms with van der Waals surface area (Å²) in [6.07, 6.45) is 3.04. The Hall–Kier alpha value is -1.13. The Labute approximate surface area is 158 Å². The Morgan fingerprint density at radius 2 is 1.75 bits per heavy atom. The number of hydrogen-bond donors (Lipinski definition) is 2. The standard InChI is InChI=1S/C11H9N2.C8H18O2.Ir/c1-9-11(13-8-7-12-9)10-5-3-2-4-6-10;1-6(9)5-7(10)8(2,3)4;/h2-5,7-8H,1H3;6-7,9-10H,5H2,1-4H3;/q-1;;. The average Bonchev–Trinajstić information content (AvgIpc) is 2.48. The molecule has 0 bridgehead atoms. The van der Waals surface area contributed by atoms with Gasteiger partial charge in [0.1, 0.15) is 0 Å². The van der Waals surface area contributed by atoms with Gasteiger partial charge in [-0.05, 0) is 25.7 Å². The number of aliphatic hydroxyl groups excluding tert-OH is 2. The summed E-state index contributed by atoms with van der Waals surface area (Å²) in [5.41, 5.74) is 2.72. The molecule has 1 heterocycles. The Morgan fingerprint density at radius 1 is 1.12 bits per heavy atom. The van der Waals surface area contributed by atoms with E-state index in [1.807, 2.05) is 52.0 Å². The number of nitrogens with zero attached hydrogens (tertiary/aromatic N) is 2. The molecule has 0 spiro atoms. The van der Waals surface area contributed by atoms with E-state index in [1.165, 1.54) is 0 Å². The van der Waals surface area contributed by atoms with E-state index >= 15 is 0 Å². The van der Waals surface area contributed by atoms with Gasteiger partial charge in [-0.1, -0.05) is 20.8 Å². The van der Waals surface area contributed by atoms with E-state index in [9.17, 15) is 5.11 Å². The predicted molar refractivity (Wildman–Crippen MR) is 92.8 cm³/mol. The van der Waals surface area contributed by atoms with Crippen LogP contribution >= 0.6 is 0 Å². The van der Waals surface area contributed by atoms with Gasteiger partial charge in [0.25, 0.3) is 0 Å². The monoisotopic (exact) mass is 508 g/mol. The third-order valence-corrected chi connectivity index (χ3v) is 3.41. The van der Waals surface area contributed by atoms with Gasteiger partial charge < -0.3 is 15.2 Å². The molecule has 24 heavy (non-hydrogen) atoms. The minimum Gasteiger partial charge on any atom is -0.393 e. The third-order valence-electron chi connectivity index (χ3n) is 3.41. The molecule has 0 aliphatic carbocycles. The van der Waals surface area contributed by atoms with Gasteiger partial charge in [0.15, 0.2) is 0 Å². The van der Waals surface area contributed by atoms with Crippen molar-refractivity contribution in [2.24, 2.45) is 5.41 Å². The zero-order valence-electron chi connectivity index (χ0n) is 14.9. The number of aromatic nitrogens is 2. The molecular weight excluding hydrogens is 480 g/mol. The minimum absolute atomic E-state index is 0. The molecule has 2 aromatic rings. The number of aryl methyl sites for hydroxylation is 1. The summed E-state index contributed by atoms with van der Waals surface area (Å²) < 4.78 is 0. The largest absolute Gasteiger partial charge is 0.393 e. The SMILES string of the molecule is CC(O)CC(O)C(C)(C)C.Cc1nccnc1-c1[c-]cccc1.[Ir]. The topological polar surface area (TPSA) is 66.2 Å². The van der Waals surface area contributed by atoms with Crippen LogP contribution in [0.15, 0.2) is 36.7 Å². The zero-order chi connectivity index (χ0) is 17.5. The zero-order valence-corrected chi connectivity index (χ0v) is 17.3. The first-order valence-corrected chi connectivity index (χ1v) is 7.82. The molecule has 0 aliphatic heterocycles. The summed E-state index contributed by atoms with van der Waals surface area (Å²) in [5.74, 6) is 0. The van der Waals surface area contributed by atoms with Crippen LogP contribution in [0.5, 0.6) is 0 Å². The maximum absolute atomic E-state index is 9.40. The molecule has 1 aromatic carbocycles. The molecule has 2 N–H and O–H groups in total. The summed E-state index contributed by atoms with van der Waals surface area (Å²) in [6, 6.07) is 10.9. The maximum Gasteiger partial charge on any atom is 0.0613 e. The maximum atomic E-state index is 9.40. The number of hydrogen-bond acceptors (Lipinski definition) is 4. The van der Waals surface area contributed by atoms with Crippen LogP contribution in [0.25, 0.3) is 11.3 Å². The van der Waals surface area contributed by atoms with E-state index in [1.54, 1.807) is 19.3 Å². The van der Waals surface area contributed by atoms with Crippen LogP contribution in [-0.2, 0) is 20.1 Å². The van der Waals surface area contributed by atoms with E-state index in [2.05, 4.69) is 16.0 Å². The molecule has 4 nitrogen and oxygen atoms in total. The average molecular weight is 508 g/mol. The Balaban J connectivity index is 0.000000441. The van der Waals surface area contributed by atoms with Crippen molar-refractivity contribution in [3.63, 3.8) is 0 Å². The minimum atomic E-state index is -0.410. The van der Waals surface area contributed by atoms with Crippen molar-refractivity contribution in [1.29, 1.82) is 0 Å². The third kappa shape index (κ3) is 8.11. The second kappa shape index (κ2) is 10.7. The van der Waals surface area contributed by atoms with Gasteiger partial charge in [-0.25, -0.2) is 0 Å². The fraction of sp³-hybridized carbons (Fsp3) is 0.474. The van der Waals surface area contributed by atoms with Crippen molar-refractivity contribution in [1.82, 2.24) is 9.97 Å². The molecule has 0 aliphatic rings. The van der Waals surface area contributed by atoms with Crippen LogP contribution < -0.4 is 0 Å². The Kier molecular flexibility index (Phi) is 10.2. The van der Waals surface area contributed by atoms with Gasteiger partial charge in [0.2, 0.25) is 0 Å². The van der Waals surface area contributed by atoms with Gasteiger partial charge in [0, 0.05) is 43.9 Å². The normalized spacial score (nSPS) is 13.1. The summed E-state index contributed by atoms with van der Waals surface area (Å²) in [6.45, 7) is 9.51. The summed E-state index contributed by atoms with van der Waals surface area (Å²) in [4.78, 5) is 8.43. The Bertz CT molecular complexity index is 583. The first-order valence-electron chi connectivity index (χ1n) is 7.82. The predicted octanol–water partition coefficient (Wildman–Crippen LogP) is 3.41. The van der Waals surface area contributed by atoms with Gasteiger partial charge in [-0.3, -0.25) is 4.98 Å². The second-order valence-corrected chi connectivity index (χ2v) is 6.73. The van der Waals surface area contributed by atoms with E-state index < -0.39 is 12.2 Å². The van der Waals surface area contributed by atoms with Crippen molar-refractivity contribution in [2.45, 2.75) is 53.2 Å². The molecule has 1 aromatic heterocycles. The van der Waals surface area contributed by atoms with E-state index in [0.717, 1.165) is 17.0 Å². The van der Waals surface area contributed by atoms with E-state index in [4.69, 9.17) is 5.11 Å². The summed E-state index contributed by atoms with van der Waals surface area (Å²) >= 11 is 0. The molecule has 2 unspecified atom stereocenters. The Morgan fingerprint density at radius 3 is 2.17 bits per heavy atom. The quantitative estimate of drug-likeness (QED) is 0.625. The number of rotatable bonds is 3. The van der Waals surface area contributed by atoms with Crippen LogP contribution in [0.4, 0.5) is 0 Å². The van der Waals surface area contributed by atoms with Gasteiger partial charge in [-0.2, -0.15) is 0 Å². The molecule has 135 valence electrons. The van der Waals surface area contributed by atoms with Crippen molar-refractivity contribution in [3.05, 3.63) is 48.4 Å². The van der Waals surface area contributed by atoms with Crippen LogP contribution in [0, 0.1) is 18.4 Å². The molecule has 2 atom stereocenters. The molecule has 1 radical (unpaired) electrons. The van der Waals surface area contributed by atoms with E-state index in [-0.39, 0.29) is 25.5 Å². The molecular formula is C19H27IrN2O2-. The molecule has 0 saturated heterocycles. The van der Waals surface area contributed by atoms with Gasteiger partial charge in [0.05, 0.1) is 12.2 Å². The van der Waals surface area contributed by atoms with Crippen LogP contribution in [0.1, 0.15) is 39.8 Å². The van der Waals surface area contributed by atoms with Crippen LogP contribution in [0.3, 0.4) is 0 Å². The van der Waals surface area contributed by atoms with Crippen molar-refractivity contribution < 1.29 is 30.3 Å². The summed E-state index contributed by atoms with van der Waals surface area (Å²) in [7, 11) is 0. The number of benzene rings is 1. The van der Waals surface area contributed by atoms with Crippen molar-refractivity contribution >= 4 is 0 Å².